The fourth-order valence-electron chi connectivity index (χ4n) is 0.997. The molecule has 0 aliphatic carbocycles. The van der Waals surface area contributed by atoms with Crippen LogP contribution >= 0.6 is 0 Å². The monoisotopic (exact) mass is 184 g/mol. The number of epoxide rings is 1. The molecule has 1 unspecified atom stereocenters. The predicted molar refractivity (Wildman–Crippen MR) is 49.4 cm³/mol. The molecule has 1 saturated heterocycles. The van der Waals surface area contributed by atoms with Gasteiger partial charge in [0.25, 0.3) is 0 Å². The normalized spacial score (nSPS) is 19.6. The lowest BCUT2D eigenvalue weighted by Crippen LogP contribution is -2.06. The van der Waals surface area contributed by atoms with Gasteiger partial charge in [-0.3, -0.25) is 0 Å². The molecule has 0 bridgehead atoms. The molecule has 0 amide bonds. The molecule has 0 radical (unpaired) electrons. The number of carbonyl (C=O) groups is 1. The second-order valence-corrected chi connectivity index (χ2v) is 3.37. The summed E-state index contributed by atoms with van der Waals surface area (Å²) in [6.45, 7) is 6.56. The van der Waals surface area contributed by atoms with Gasteiger partial charge in [-0.2, -0.15) is 0 Å². The van der Waals surface area contributed by atoms with E-state index in [0.29, 0.717) is 18.3 Å². The van der Waals surface area contributed by atoms with Gasteiger partial charge in [-0.05, 0) is 26.2 Å². The molecular formula is C10H16O3. The Labute approximate surface area is 78.7 Å². The van der Waals surface area contributed by atoms with Gasteiger partial charge in [0, 0.05) is 5.57 Å². The van der Waals surface area contributed by atoms with E-state index in [9.17, 15) is 4.79 Å². The minimum atomic E-state index is -0.289. The summed E-state index contributed by atoms with van der Waals surface area (Å²) < 4.78 is 9.98. The summed E-state index contributed by atoms with van der Waals surface area (Å²) in [6.07, 6.45) is 3.55. The van der Waals surface area contributed by atoms with Crippen molar-refractivity contribution in [3.63, 3.8) is 0 Å². The van der Waals surface area contributed by atoms with E-state index in [1.807, 2.05) is 0 Å². The summed E-state index contributed by atoms with van der Waals surface area (Å²) in [5, 5.41) is 0. The van der Waals surface area contributed by atoms with Crippen LogP contribution in [0.5, 0.6) is 0 Å². The molecule has 13 heavy (non-hydrogen) atoms. The average molecular weight is 184 g/mol. The van der Waals surface area contributed by atoms with Gasteiger partial charge < -0.3 is 9.47 Å². The molecule has 3 heteroatoms. The number of carbonyl (C=O) groups excluding carboxylic acids is 1. The third-order valence-corrected chi connectivity index (χ3v) is 1.90. The van der Waals surface area contributed by atoms with Crippen LogP contribution in [0, 0.1) is 0 Å². The molecule has 1 aliphatic heterocycles. The van der Waals surface area contributed by atoms with Crippen LogP contribution in [0.25, 0.3) is 0 Å². The summed E-state index contributed by atoms with van der Waals surface area (Å²) in [6, 6.07) is 0. The zero-order chi connectivity index (χ0) is 9.68. The van der Waals surface area contributed by atoms with E-state index in [1.165, 1.54) is 0 Å². The Bertz CT molecular complexity index is 194. The van der Waals surface area contributed by atoms with Crippen molar-refractivity contribution in [1.29, 1.82) is 0 Å². The Balaban J connectivity index is 1.87. The lowest BCUT2D eigenvalue weighted by molar-refractivity contribution is -0.139. The Morgan fingerprint density at radius 2 is 2.31 bits per heavy atom. The summed E-state index contributed by atoms with van der Waals surface area (Å²) in [5.41, 5.74) is 0.463. The minimum absolute atomic E-state index is 0.289. The molecule has 1 heterocycles. The third-order valence-electron chi connectivity index (χ3n) is 1.90. The van der Waals surface area contributed by atoms with Gasteiger partial charge in [0.05, 0.1) is 19.3 Å². The number of ether oxygens (including phenoxy) is 2. The maximum absolute atomic E-state index is 10.9. The fraction of sp³-hybridized carbons (Fsp3) is 0.700. The number of hydrogen-bond acceptors (Lipinski definition) is 3. The molecule has 1 rings (SSSR count). The molecule has 0 aromatic heterocycles. The van der Waals surface area contributed by atoms with E-state index in [2.05, 4.69) is 6.58 Å². The lowest BCUT2D eigenvalue weighted by Gasteiger charge is -2.02. The highest BCUT2D eigenvalue weighted by Gasteiger charge is 2.20. The molecule has 0 aromatic carbocycles. The summed E-state index contributed by atoms with van der Waals surface area (Å²) in [7, 11) is 0. The SMILES string of the molecule is C=C(C)C(=O)OCCCCC1CO1. The van der Waals surface area contributed by atoms with Crippen LogP contribution in [0.4, 0.5) is 0 Å². The standard InChI is InChI=1S/C10H16O3/c1-8(2)10(11)12-6-4-3-5-9-7-13-9/h9H,1,3-7H2,2H3. The maximum atomic E-state index is 10.9. The van der Waals surface area contributed by atoms with Crippen molar-refractivity contribution >= 4 is 5.97 Å². The zero-order valence-electron chi connectivity index (χ0n) is 8.04. The quantitative estimate of drug-likeness (QED) is 0.273. The number of hydrogen-bond donors (Lipinski definition) is 0. The van der Waals surface area contributed by atoms with E-state index in [4.69, 9.17) is 9.47 Å². The van der Waals surface area contributed by atoms with Crippen LogP contribution in [0.3, 0.4) is 0 Å². The highest BCUT2D eigenvalue weighted by atomic mass is 16.6. The molecule has 1 atom stereocenters. The van der Waals surface area contributed by atoms with Crippen LogP contribution in [0.2, 0.25) is 0 Å². The van der Waals surface area contributed by atoms with Gasteiger partial charge in [0.2, 0.25) is 0 Å². The number of unbranched alkanes of at least 4 members (excludes halogenated alkanes) is 1. The van der Waals surface area contributed by atoms with Gasteiger partial charge in [-0.1, -0.05) is 6.58 Å². The molecule has 0 aromatic rings. The summed E-state index contributed by atoms with van der Waals surface area (Å²) in [4.78, 5) is 10.9. The molecule has 0 N–H and O–H groups in total. The smallest absolute Gasteiger partial charge is 0.333 e. The van der Waals surface area contributed by atoms with Crippen LogP contribution < -0.4 is 0 Å². The van der Waals surface area contributed by atoms with Crippen LogP contribution in [-0.2, 0) is 14.3 Å². The Hall–Kier alpha value is -0.830. The Morgan fingerprint density at radius 1 is 1.62 bits per heavy atom. The Morgan fingerprint density at radius 3 is 2.85 bits per heavy atom. The van der Waals surface area contributed by atoms with Gasteiger partial charge in [0.1, 0.15) is 0 Å². The largest absolute Gasteiger partial charge is 0.462 e. The van der Waals surface area contributed by atoms with E-state index >= 15 is 0 Å². The highest BCUT2D eigenvalue weighted by molar-refractivity contribution is 5.86. The van der Waals surface area contributed by atoms with Crippen LogP contribution in [-0.4, -0.2) is 25.3 Å². The molecule has 1 aliphatic rings. The fourth-order valence-corrected chi connectivity index (χ4v) is 0.997. The first-order chi connectivity index (χ1) is 6.20. The van der Waals surface area contributed by atoms with Crippen molar-refractivity contribution in [1.82, 2.24) is 0 Å². The highest BCUT2D eigenvalue weighted by Crippen LogP contribution is 2.16. The van der Waals surface area contributed by atoms with Gasteiger partial charge in [-0.25, -0.2) is 4.79 Å². The zero-order valence-corrected chi connectivity index (χ0v) is 8.04. The molecule has 3 nitrogen and oxygen atoms in total. The van der Waals surface area contributed by atoms with Crippen LogP contribution in [0.1, 0.15) is 26.2 Å². The van der Waals surface area contributed by atoms with E-state index in [-0.39, 0.29) is 5.97 Å². The van der Waals surface area contributed by atoms with Gasteiger partial charge in [-0.15, -0.1) is 0 Å². The predicted octanol–water partition coefficient (Wildman–Crippen LogP) is 1.67. The summed E-state index contributed by atoms with van der Waals surface area (Å²) >= 11 is 0. The van der Waals surface area contributed by atoms with Crippen molar-refractivity contribution in [2.75, 3.05) is 13.2 Å². The number of esters is 1. The van der Waals surface area contributed by atoms with E-state index < -0.39 is 0 Å². The number of rotatable bonds is 6. The first kappa shape index (κ1) is 10.3. The first-order valence-corrected chi connectivity index (χ1v) is 4.64. The van der Waals surface area contributed by atoms with E-state index in [1.54, 1.807) is 6.92 Å². The summed E-state index contributed by atoms with van der Waals surface area (Å²) in [5.74, 6) is -0.289. The average Bonchev–Trinajstić information content (AvgIpc) is 2.87. The first-order valence-electron chi connectivity index (χ1n) is 4.64. The molecule has 0 saturated carbocycles. The van der Waals surface area contributed by atoms with Crippen molar-refractivity contribution in [2.45, 2.75) is 32.3 Å². The second kappa shape index (κ2) is 5.02. The molecule has 1 fully saturated rings. The van der Waals surface area contributed by atoms with Crippen LogP contribution in [0.15, 0.2) is 12.2 Å². The maximum Gasteiger partial charge on any atom is 0.333 e. The third kappa shape index (κ3) is 4.68. The lowest BCUT2D eigenvalue weighted by atomic mass is 10.2. The molecular weight excluding hydrogens is 168 g/mol. The topological polar surface area (TPSA) is 38.8 Å². The van der Waals surface area contributed by atoms with Gasteiger partial charge >= 0.3 is 5.97 Å². The van der Waals surface area contributed by atoms with E-state index in [0.717, 1.165) is 25.9 Å². The molecule has 0 spiro atoms. The van der Waals surface area contributed by atoms with Crippen molar-refractivity contribution < 1.29 is 14.3 Å². The van der Waals surface area contributed by atoms with Gasteiger partial charge in [0.15, 0.2) is 0 Å². The van der Waals surface area contributed by atoms with Crippen molar-refractivity contribution in [3.8, 4) is 0 Å². The Kier molecular flexibility index (Phi) is 3.96. The second-order valence-electron chi connectivity index (χ2n) is 3.37. The molecule has 74 valence electrons. The minimum Gasteiger partial charge on any atom is -0.462 e. The van der Waals surface area contributed by atoms with Crippen molar-refractivity contribution in [3.05, 3.63) is 12.2 Å². The van der Waals surface area contributed by atoms with Crippen molar-refractivity contribution in [2.24, 2.45) is 0 Å².